The standard InChI is InChI=1S/C13H16F3NO2/c1-3-11(17-8(2)18)12(19)9-4-6-10(7-5-9)13(14,15)16/h4-7,11-12,19H,3H2,1-2H3,(H,17,18). The molecule has 0 bridgehead atoms. The van der Waals surface area contributed by atoms with Gasteiger partial charge in [-0.1, -0.05) is 19.1 Å². The van der Waals surface area contributed by atoms with E-state index in [1.165, 1.54) is 19.1 Å². The van der Waals surface area contributed by atoms with Gasteiger partial charge in [0.25, 0.3) is 0 Å². The molecule has 1 amide bonds. The van der Waals surface area contributed by atoms with Crippen LogP contribution in [0, 0.1) is 0 Å². The van der Waals surface area contributed by atoms with Crippen molar-refractivity contribution in [2.75, 3.05) is 0 Å². The van der Waals surface area contributed by atoms with Crippen LogP contribution < -0.4 is 5.32 Å². The Kier molecular flexibility index (Phi) is 4.94. The van der Waals surface area contributed by atoms with Crippen molar-refractivity contribution in [3.05, 3.63) is 35.4 Å². The van der Waals surface area contributed by atoms with E-state index >= 15 is 0 Å². The normalized spacial score (nSPS) is 14.8. The maximum atomic E-state index is 12.4. The van der Waals surface area contributed by atoms with Gasteiger partial charge in [-0.3, -0.25) is 4.79 Å². The highest BCUT2D eigenvalue weighted by Crippen LogP contribution is 2.30. The van der Waals surface area contributed by atoms with Crippen molar-refractivity contribution in [2.45, 2.75) is 38.6 Å². The maximum Gasteiger partial charge on any atom is 0.416 e. The Morgan fingerprint density at radius 1 is 1.32 bits per heavy atom. The minimum absolute atomic E-state index is 0.294. The van der Waals surface area contributed by atoms with Gasteiger partial charge in [0.1, 0.15) is 0 Å². The number of amides is 1. The molecule has 0 aromatic heterocycles. The average Bonchev–Trinajstić information content (AvgIpc) is 2.34. The van der Waals surface area contributed by atoms with Gasteiger partial charge in [0.15, 0.2) is 0 Å². The molecule has 0 radical (unpaired) electrons. The van der Waals surface area contributed by atoms with Gasteiger partial charge >= 0.3 is 6.18 Å². The lowest BCUT2D eigenvalue weighted by Crippen LogP contribution is -2.37. The first-order chi connectivity index (χ1) is 8.75. The Balaban J connectivity index is 2.87. The largest absolute Gasteiger partial charge is 0.416 e. The summed E-state index contributed by atoms with van der Waals surface area (Å²) in [7, 11) is 0. The fraction of sp³-hybridized carbons (Fsp3) is 0.462. The number of aliphatic hydroxyl groups is 1. The molecule has 1 aromatic rings. The molecular weight excluding hydrogens is 259 g/mol. The smallest absolute Gasteiger partial charge is 0.386 e. The number of carbonyl (C=O) groups is 1. The molecule has 1 aromatic carbocycles. The number of rotatable bonds is 4. The molecule has 0 fully saturated rings. The third-order valence-electron chi connectivity index (χ3n) is 2.79. The van der Waals surface area contributed by atoms with E-state index in [1.807, 2.05) is 0 Å². The van der Waals surface area contributed by atoms with E-state index in [-0.39, 0.29) is 5.91 Å². The highest BCUT2D eigenvalue weighted by molar-refractivity contribution is 5.73. The molecule has 1 rings (SSSR count). The lowest BCUT2D eigenvalue weighted by Gasteiger charge is -2.23. The molecule has 19 heavy (non-hydrogen) atoms. The number of halogens is 3. The molecule has 0 aliphatic rings. The maximum absolute atomic E-state index is 12.4. The summed E-state index contributed by atoms with van der Waals surface area (Å²) in [5, 5.41) is 12.6. The summed E-state index contributed by atoms with van der Waals surface area (Å²) >= 11 is 0. The second kappa shape index (κ2) is 6.06. The zero-order chi connectivity index (χ0) is 14.6. The predicted molar refractivity (Wildman–Crippen MR) is 64.3 cm³/mol. The van der Waals surface area contributed by atoms with E-state index in [1.54, 1.807) is 6.92 Å². The predicted octanol–water partition coefficient (Wildman–Crippen LogP) is 2.65. The van der Waals surface area contributed by atoms with Gasteiger partial charge in [-0.25, -0.2) is 0 Å². The first-order valence-electron chi connectivity index (χ1n) is 5.88. The van der Waals surface area contributed by atoms with Crippen LogP contribution in [-0.2, 0) is 11.0 Å². The van der Waals surface area contributed by atoms with Crippen molar-refractivity contribution in [3.8, 4) is 0 Å². The SMILES string of the molecule is CCC(NC(C)=O)C(O)c1ccc(C(F)(F)F)cc1. The molecule has 0 saturated heterocycles. The van der Waals surface area contributed by atoms with Gasteiger partial charge in [-0.15, -0.1) is 0 Å². The number of hydrogen-bond acceptors (Lipinski definition) is 2. The number of aliphatic hydroxyl groups excluding tert-OH is 1. The van der Waals surface area contributed by atoms with E-state index in [0.717, 1.165) is 12.1 Å². The topological polar surface area (TPSA) is 49.3 Å². The van der Waals surface area contributed by atoms with Crippen LogP contribution in [0.4, 0.5) is 13.2 Å². The molecule has 0 aliphatic carbocycles. The number of alkyl halides is 3. The van der Waals surface area contributed by atoms with Crippen molar-refractivity contribution in [1.82, 2.24) is 5.32 Å². The quantitative estimate of drug-likeness (QED) is 0.887. The summed E-state index contributed by atoms with van der Waals surface area (Å²) < 4.78 is 37.2. The fourth-order valence-corrected chi connectivity index (χ4v) is 1.77. The number of nitrogens with one attached hydrogen (secondary N) is 1. The van der Waals surface area contributed by atoms with Crippen molar-refractivity contribution < 1.29 is 23.1 Å². The van der Waals surface area contributed by atoms with Crippen LogP contribution in [0.3, 0.4) is 0 Å². The van der Waals surface area contributed by atoms with Gasteiger partial charge in [0, 0.05) is 6.92 Å². The molecule has 2 unspecified atom stereocenters. The minimum atomic E-state index is -4.40. The van der Waals surface area contributed by atoms with Crippen LogP contribution in [0.1, 0.15) is 37.5 Å². The van der Waals surface area contributed by atoms with Crippen molar-refractivity contribution in [1.29, 1.82) is 0 Å². The lowest BCUT2D eigenvalue weighted by atomic mass is 9.99. The van der Waals surface area contributed by atoms with Crippen LogP contribution >= 0.6 is 0 Å². The van der Waals surface area contributed by atoms with Crippen LogP contribution in [0.5, 0.6) is 0 Å². The minimum Gasteiger partial charge on any atom is -0.386 e. The average molecular weight is 275 g/mol. The summed E-state index contributed by atoms with van der Waals surface area (Å²) in [6, 6.07) is 3.75. The number of carbonyl (C=O) groups excluding carboxylic acids is 1. The van der Waals surface area contributed by atoms with Crippen molar-refractivity contribution in [2.24, 2.45) is 0 Å². The zero-order valence-corrected chi connectivity index (χ0v) is 10.7. The molecule has 106 valence electrons. The van der Waals surface area contributed by atoms with Gasteiger partial charge in [0.05, 0.1) is 17.7 Å². The van der Waals surface area contributed by atoms with Gasteiger partial charge in [0.2, 0.25) is 5.91 Å². The summed E-state index contributed by atoms with van der Waals surface area (Å²) in [4.78, 5) is 11.0. The molecule has 0 saturated carbocycles. The third-order valence-corrected chi connectivity index (χ3v) is 2.79. The Labute approximate surface area is 109 Å². The summed E-state index contributed by atoms with van der Waals surface area (Å²) in [6.07, 6.45) is -4.95. The van der Waals surface area contributed by atoms with Crippen LogP contribution in [0.15, 0.2) is 24.3 Å². The van der Waals surface area contributed by atoms with Gasteiger partial charge < -0.3 is 10.4 Å². The highest BCUT2D eigenvalue weighted by Gasteiger charge is 2.30. The van der Waals surface area contributed by atoms with Gasteiger partial charge in [-0.05, 0) is 24.1 Å². The molecule has 6 heteroatoms. The molecule has 3 nitrogen and oxygen atoms in total. The van der Waals surface area contributed by atoms with E-state index in [0.29, 0.717) is 12.0 Å². The Hall–Kier alpha value is -1.56. The van der Waals surface area contributed by atoms with E-state index in [4.69, 9.17) is 0 Å². The molecule has 2 atom stereocenters. The number of hydrogen-bond donors (Lipinski definition) is 2. The van der Waals surface area contributed by atoms with Crippen LogP contribution in [0.25, 0.3) is 0 Å². The second-order valence-corrected chi connectivity index (χ2v) is 4.28. The summed E-state index contributed by atoms with van der Waals surface area (Å²) in [5.41, 5.74) is -0.426. The fourth-order valence-electron chi connectivity index (χ4n) is 1.77. The van der Waals surface area contributed by atoms with Crippen LogP contribution in [-0.4, -0.2) is 17.1 Å². The van der Waals surface area contributed by atoms with Crippen molar-refractivity contribution >= 4 is 5.91 Å². The third kappa shape index (κ3) is 4.24. The molecular formula is C13H16F3NO2. The van der Waals surface area contributed by atoms with Crippen molar-refractivity contribution in [3.63, 3.8) is 0 Å². The second-order valence-electron chi connectivity index (χ2n) is 4.28. The zero-order valence-electron chi connectivity index (χ0n) is 10.7. The number of benzene rings is 1. The highest BCUT2D eigenvalue weighted by atomic mass is 19.4. The Morgan fingerprint density at radius 3 is 2.21 bits per heavy atom. The summed E-state index contributed by atoms with van der Waals surface area (Å²) in [5.74, 6) is -0.294. The first-order valence-corrected chi connectivity index (χ1v) is 5.88. The summed E-state index contributed by atoms with van der Waals surface area (Å²) in [6.45, 7) is 3.09. The van der Waals surface area contributed by atoms with E-state index < -0.39 is 23.9 Å². The van der Waals surface area contributed by atoms with Crippen LogP contribution in [0.2, 0.25) is 0 Å². The first kappa shape index (κ1) is 15.5. The Bertz CT molecular complexity index is 429. The Morgan fingerprint density at radius 2 is 1.84 bits per heavy atom. The van der Waals surface area contributed by atoms with E-state index in [2.05, 4.69) is 5.32 Å². The van der Waals surface area contributed by atoms with Gasteiger partial charge in [-0.2, -0.15) is 13.2 Å². The molecule has 2 N–H and O–H groups in total. The molecule has 0 aliphatic heterocycles. The molecule has 0 heterocycles. The molecule has 0 spiro atoms. The van der Waals surface area contributed by atoms with E-state index in [9.17, 15) is 23.1 Å². The lowest BCUT2D eigenvalue weighted by molar-refractivity contribution is -0.137. The monoisotopic (exact) mass is 275 g/mol.